The largest absolute Gasteiger partial charge is 0.491 e. The van der Waals surface area contributed by atoms with Crippen LogP contribution in [0.15, 0.2) is 24.3 Å². The van der Waals surface area contributed by atoms with Gasteiger partial charge in [-0.05, 0) is 78.4 Å². The zero-order chi connectivity index (χ0) is 15.7. The molecule has 0 unspecified atom stereocenters. The summed E-state index contributed by atoms with van der Waals surface area (Å²) in [5, 5.41) is 3.51. The van der Waals surface area contributed by atoms with Crippen LogP contribution in [0.1, 0.15) is 46.1 Å². The summed E-state index contributed by atoms with van der Waals surface area (Å²) < 4.78 is 5.72. The summed E-state index contributed by atoms with van der Waals surface area (Å²) in [6.07, 6.45) is 2.70. The summed E-state index contributed by atoms with van der Waals surface area (Å²) in [5.74, 6) is 0.961. The van der Waals surface area contributed by atoms with Gasteiger partial charge in [-0.3, -0.25) is 0 Å². The Morgan fingerprint density at radius 3 is 2.57 bits per heavy atom. The molecule has 0 atom stereocenters. The van der Waals surface area contributed by atoms with Gasteiger partial charge in [0.1, 0.15) is 5.75 Å². The Labute approximate surface area is 130 Å². The zero-order valence-electron chi connectivity index (χ0n) is 14.4. The Hall–Kier alpha value is -1.06. The predicted molar refractivity (Wildman–Crippen MR) is 90.9 cm³/mol. The number of nitrogens with zero attached hydrogens (tertiary/aromatic N) is 1. The van der Waals surface area contributed by atoms with Crippen LogP contribution < -0.4 is 10.1 Å². The van der Waals surface area contributed by atoms with E-state index in [-0.39, 0.29) is 6.10 Å². The summed E-state index contributed by atoms with van der Waals surface area (Å²) in [5.41, 5.74) is 1.28. The molecule has 1 aromatic rings. The molecule has 0 aliphatic carbocycles. The van der Waals surface area contributed by atoms with E-state index in [2.05, 4.69) is 63.2 Å². The van der Waals surface area contributed by atoms with Crippen LogP contribution in [0, 0.1) is 0 Å². The van der Waals surface area contributed by atoms with Crippen LogP contribution in [-0.4, -0.2) is 37.2 Å². The van der Waals surface area contributed by atoms with Gasteiger partial charge in [0.15, 0.2) is 0 Å². The predicted octanol–water partition coefficient (Wildman–Crippen LogP) is 3.68. The lowest BCUT2D eigenvalue weighted by Crippen LogP contribution is -2.27. The van der Waals surface area contributed by atoms with E-state index in [4.69, 9.17) is 4.74 Å². The number of hydrogen-bond donors (Lipinski definition) is 1. The van der Waals surface area contributed by atoms with Crippen molar-refractivity contribution in [3.63, 3.8) is 0 Å². The molecular formula is C18H32N2O. The van der Waals surface area contributed by atoms with E-state index in [9.17, 15) is 0 Å². The van der Waals surface area contributed by atoms with Crippen molar-refractivity contribution in [1.29, 1.82) is 0 Å². The molecular weight excluding hydrogens is 260 g/mol. The molecule has 3 nitrogen and oxygen atoms in total. The normalized spacial score (nSPS) is 11.6. The fraction of sp³-hybridized carbons (Fsp3) is 0.667. The van der Waals surface area contributed by atoms with Gasteiger partial charge in [0, 0.05) is 12.6 Å². The molecule has 0 fully saturated rings. The van der Waals surface area contributed by atoms with Gasteiger partial charge < -0.3 is 15.0 Å². The maximum absolute atomic E-state index is 5.72. The average molecular weight is 292 g/mol. The highest BCUT2D eigenvalue weighted by atomic mass is 16.5. The maximum atomic E-state index is 5.72. The third kappa shape index (κ3) is 8.08. The van der Waals surface area contributed by atoms with Crippen molar-refractivity contribution in [2.75, 3.05) is 20.1 Å². The van der Waals surface area contributed by atoms with Crippen LogP contribution in [-0.2, 0) is 6.54 Å². The summed E-state index contributed by atoms with van der Waals surface area (Å²) >= 11 is 0. The van der Waals surface area contributed by atoms with Crippen molar-refractivity contribution in [3.8, 4) is 5.75 Å². The molecule has 0 aliphatic heterocycles. The molecule has 120 valence electrons. The molecule has 1 aromatic carbocycles. The lowest BCUT2D eigenvalue weighted by atomic mass is 10.2. The van der Waals surface area contributed by atoms with E-state index >= 15 is 0 Å². The molecule has 0 amide bonds. The maximum Gasteiger partial charge on any atom is 0.120 e. The second-order valence-electron chi connectivity index (χ2n) is 6.27. The number of ether oxygens (including phenoxy) is 1. The first-order valence-electron chi connectivity index (χ1n) is 8.15. The number of rotatable bonds is 10. The van der Waals surface area contributed by atoms with E-state index in [1.165, 1.54) is 24.9 Å². The van der Waals surface area contributed by atoms with E-state index < -0.39 is 0 Å². The molecule has 21 heavy (non-hydrogen) atoms. The van der Waals surface area contributed by atoms with Gasteiger partial charge in [0.05, 0.1) is 6.10 Å². The summed E-state index contributed by atoms with van der Waals surface area (Å²) in [7, 11) is 2.19. The molecule has 0 saturated heterocycles. The lowest BCUT2D eigenvalue weighted by molar-refractivity contribution is 0.242. The van der Waals surface area contributed by atoms with Gasteiger partial charge in [-0.2, -0.15) is 0 Å². The topological polar surface area (TPSA) is 24.5 Å². The van der Waals surface area contributed by atoms with Gasteiger partial charge in [0.25, 0.3) is 0 Å². The van der Waals surface area contributed by atoms with E-state index in [0.29, 0.717) is 6.04 Å². The van der Waals surface area contributed by atoms with Crippen molar-refractivity contribution in [1.82, 2.24) is 10.2 Å². The van der Waals surface area contributed by atoms with Crippen LogP contribution >= 0.6 is 0 Å². The molecule has 3 heteroatoms. The quantitative estimate of drug-likeness (QED) is 0.666. The number of unbranched alkanes of at least 4 members (excludes halogenated alkanes) is 1. The smallest absolute Gasteiger partial charge is 0.120 e. The fourth-order valence-corrected chi connectivity index (χ4v) is 2.10. The molecule has 0 aliphatic rings. The van der Waals surface area contributed by atoms with Crippen LogP contribution in [0.5, 0.6) is 5.75 Å². The first kappa shape index (κ1) is 18.0. The van der Waals surface area contributed by atoms with E-state index in [1.54, 1.807) is 0 Å². The SMILES string of the molecule is CC(C)Oc1cccc(CNCCCCN(C)C(C)C)c1. The van der Waals surface area contributed by atoms with Crippen molar-refractivity contribution in [3.05, 3.63) is 29.8 Å². The zero-order valence-corrected chi connectivity index (χ0v) is 14.4. The Morgan fingerprint density at radius 2 is 1.90 bits per heavy atom. The average Bonchev–Trinajstić information content (AvgIpc) is 2.42. The molecule has 0 radical (unpaired) electrons. The number of nitrogens with one attached hydrogen (secondary N) is 1. The second-order valence-corrected chi connectivity index (χ2v) is 6.27. The van der Waals surface area contributed by atoms with Gasteiger partial charge in [-0.15, -0.1) is 0 Å². The highest BCUT2D eigenvalue weighted by molar-refractivity contribution is 5.28. The van der Waals surface area contributed by atoms with Crippen LogP contribution in [0.3, 0.4) is 0 Å². The standard InChI is InChI=1S/C18H32N2O/c1-15(2)20(5)12-7-6-11-19-14-17-9-8-10-18(13-17)21-16(3)4/h8-10,13,15-16,19H,6-7,11-12,14H2,1-5H3. The number of benzene rings is 1. The minimum atomic E-state index is 0.228. The van der Waals surface area contributed by atoms with Crippen molar-refractivity contribution >= 4 is 0 Å². The minimum absolute atomic E-state index is 0.228. The second kappa shape index (κ2) is 9.80. The van der Waals surface area contributed by atoms with Gasteiger partial charge >= 0.3 is 0 Å². The highest BCUT2D eigenvalue weighted by Crippen LogP contribution is 2.14. The van der Waals surface area contributed by atoms with Crippen molar-refractivity contribution < 1.29 is 4.74 Å². The number of hydrogen-bond acceptors (Lipinski definition) is 3. The summed E-state index contributed by atoms with van der Waals surface area (Å²) in [6, 6.07) is 8.99. The fourth-order valence-electron chi connectivity index (χ4n) is 2.10. The molecule has 0 heterocycles. The molecule has 1 N–H and O–H groups in total. The monoisotopic (exact) mass is 292 g/mol. The van der Waals surface area contributed by atoms with Gasteiger partial charge in [-0.1, -0.05) is 12.1 Å². The van der Waals surface area contributed by atoms with Crippen LogP contribution in [0.2, 0.25) is 0 Å². The van der Waals surface area contributed by atoms with Crippen LogP contribution in [0.4, 0.5) is 0 Å². The van der Waals surface area contributed by atoms with Crippen LogP contribution in [0.25, 0.3) is 0 Å². The Balaban J connectivity index is 2.18. The molecule has 0 spiro atoms. The lowest BCUT2D eigenvalue weighted by Gasteiger charge is -2.20. The molecule has 0 aromatic heterocycles. The third-order valence-electron chi connectivity index (χ3n) is 3.60. The summed E-state index contributed by atoms with van der Waals surface area (Å²) in [6.45, 7) is 11.8. The first-order valence-corrected chi connectivity index (χ1v) is 8.15. The van der Waals surface area contributed by atoms with Gasteiger partial charge in [0.2, 0.25) is 0 Å². The van der Waals surface area contributed by atoms with Crippen molar-refractivity contribution in [2.45, 2.75) is 59.2 Å². The Bertz CT molecular complexity index is 391. The van der Waals surface area contributed by atoms with E-state index in [1.807, 2.05) is 6.07 Å². The first-order chi connectivity index (χ1) is 9.99. The highest BCUT2D eigenvalue weighted by Gasteiger charge is 2.02. The summed E-state index contributed by atoms with van der Waals surface area (Å²) in [4.78, 5) is 2.40. The Morgan fingerprint density at radius 1 is 1.14 bits per heavy atom. The molecule has 0 bridgehead atoms. The van der Waals surface area contributed by atoms with Gasteiger partial charge in [-0.25, -0.2) is 0 Å². The Kier molecular flexibility index (Phi) is 8.40. The molecule has 0 saturated carbocycles. The minimum Gasteiger partial charge on any atom is -0.491 e. The molecule has 1 rings (SSSR count). The van der Waals surface area contributed by atoms with E-state index in [0.717, 1.165) is 18.8 Å². The van der Waals surface area contributed by atoms with Crippen molar-refractivity contribution in [2.24, 2.45) is 0 Å². The third-order valence-corrected chi connectivity index (χ3v) is 3.60.